The van der Waals surface area contributed by atoms with Gasteiger partial charge in [0.25, 0.3) is 5.91 Å². The monoisotopic (exact) mass is 354 g/mol. The maximum atomic E-state index is 12.1. The summed E-state index contributed by atoms with van der Waals surface area (Å²) in [6.45, 7) is 7.10. The molecule has 0 radical (unpaired) electrons. The third kappa shape index (κ3) is 5.77. The number of amides is 3. The number of nitrogens with one attached hydrogen (secondary N) is 1. The highest BCUT2D eigenvalue weighted by Crippen LogP contribution is 2.22. The van der Waals surface area contributed by atoms with E-state index in [0.29, 0.717) is 5.56 Å². The molecule has 0 saturated heterocycles. The van der Waals surface area contributed by atoms with Crippen molar-refractivity contribution >= 4 is 35.0 Å². The Balaban J connectivity index is 2.60. The maximum absolute atomic E-state index is 12.1. The molecule has 132 valence electrons. The van der Waals surface area contributed by atoms with Gasteiger partial charge in [-0.05, 0) is 25.8 Å². The van der Waals surface area contributed by atoms with Crippen molar-refractivity contribution < 1.29 is 23.9 Å². The summed E-state index contributed by atoms with van der Waals surface area (Å²) in [5, 5.41) is 1.89. The molecule has 3 amide bonds. The lowest BCUT2D eigenvalue weighted by Crippen LogP contribution is -2.45. The van der Waals surface area contributed by atoms with Crippen molar-refractivity contribution in [2.45, 2.75) is 46.6 Å². The summed E-state index contributed by atoms with van der Waals surface area (Å²) in [6.07, 6.45) is -1.27. The number of rotatable bonds is 7. The molecule has 1 rings (SSSR count). The zero-order valence-electron chi connectivity index (χ0n) is 14.2. The van der Waals surface area contributed by atoms with Gasteiger partial charge in [-0.1, -0.05) is 13.8 Å². The number of aryl methyl sites for hydroxylation is 2. The molecule has 0 unspecified atom stereocenters. The second kappa shape index (κ2) is 8.58. The fourth-order valence-electron chi connectivity index (χ4n) is 2.14. The van der Waals surface area contributed by atoms with Gasteiger partial charge in [-0.2, -0.15) is 0 Å². The predicted molar refractivity (Wildman–Crippen MR) is 89.8 cm³/mol. The molecule has 1 aromatic heterocycles. The Bertz CT molecular complexity index is 651. The molecule has 0 saturated carbocycles. The van der Waals surface area contributed by atoms with Gasteiger partial charge in [0, 0.05) is 21.7 Å². The molecule has 3 N–H and O–H groups in total. The number of ether oxygens (including phenoxy) is 1. The van der Waals surface area contributed by atoms with Crippen molar-refractivity contribution in [1.82, 2.24) is 5.32 Å². The maximum Gasteiger partial charge on any atom is 0.318 e. The van der Waals surface area contributed by atoms with E-state index in [9.17, 15) is 19.2 Å². The molecule has 1 heterocycles. The average Bonchev–Trinajstić information content (AvgIpc) is 2.79. The summed E-state index contributed by atoms with van der Waals surface area (Å²) in [5.41, 5.74) is 5.49. The van der Waals surface area contributed by atoms with E-state index in [2.05, 4.69) is 0 Å². The normalized spacial score (nSPS) is 11.9. The Morgan fingerprint density at radius 1 is 1.21 bits per heavy atom. The van der Waals surface area contributed by atoms with Crippen LogP contribution in [0, 0.1) is 19.8 Å². The second-order valence-corrected chi connectivity index (χ2v) is 7.22. The van der Waals surface area contributed by atoms with Crippen LogP contribution in [0.5, 0.6) is 0 Å². The summed E-state index contributed by atoms with van der Waals surface area (Å²) in [5.74, 6) is -1.94. The molecule has 1 atom stereocenters. The predicted octanol–water partition coefficient (Wildman–Crippen LogP) is 2.09. The van der Waals surface area contributed by atoms with Gasteiger partial charge in [-0.25, -0.2) is 4.79 Å². The summed E-state index contributed by atoms with van der Waals surface area (Å²) < 4.78 is 5.09. The molecule has 8 heteroatoms. The number of hydrogen-bond acceptors (Lipinski definition) is 6. The molecule has 0 aromatic carbocycles. The number of nitrogens with two attached hydrogens (primary N) is 1. The molecular formula is C16H22N2O5S. The molecule has 0 fully saturated rings. The first-order chi connectivity index (χ1) is 11.1. The zero-order chi connectivity index (χ0) is 18.4. The number of urea groups is 1. The largest absolute Gasteiger partial charge is 0.452 e. The van der Waals surface area contributed by atoms with Crippen LogP contribution in [0.25, 0.3) is 0 Å². The van der Waals surface area contributed by atoms with E-state index in [-0.39, 0.29) is 24.5 Å². The first-order valence-corrected chi connectivity index (χ1v) is 8.33. The summed E-state index contributed by atoms with van der Waals surface area (Å²) >= 11 is 1.52. The minimum absolute atomic E-state index is 0.00188. The molecule has 24 heavy (non-hydrogen) atoms. The van der Waals surface area contributed by atoms with Crippen LogP contribution >= 0.6 is 11.3 Å². The molecule has 1 aromatic rings. The van der Waals surface area contributed by atoms with E-state index >= 15 is 0 Å². The molecule has 0 spiro atoms. The average molecular weight is 354 g/mol. The van der Waals surface area contributed by atoms with Crippen LogP contribution in [0.15, 0.2) is 6.07 Å². The van der Waals surface area contributed by atoms with Crippen molar-refractivity contribution in [2.75, 3.05) is 0 Å². The van der Waals surface area contributed by atoms with Crippen LogP contribution in [0.4, 0.5) is 4.79 Å². The van der Waals surface area contributed by atoms with Gasteiger partial charge in [0.15, 0.2) is 11.9 Å². The zero-order valence-corrected chi connectivity index (χ0v) is 15.0. The number of hydrogen-bond donors (Lipinski definition) is 2. The number of thiophene rings is 1. The van der Waals surface area contributed by atoms with Crippen LogP contribution in [0.3, 0.4) is 0 Å². The van der Waals surface area contributed by atoms with E-state index in [4.69, 9.17) is 10.5 Å². The van der Waals surface area contributed by atoms with Crippen LogP contribution in [-0.2, 0) is 14.3 Å². The fourth-order valence-corrected chi connectivity index (χ4v) is 3.09. The molecule has 0 aliphatic heterocycles. The summed E-state index contributed by atoms with van der Waals surface area (Å²) in [6, 6.07) is 0.783. The molecule has 0 bridgehead atoms. The van der Waals surface area contributed by atoms with E-state index in [1.165, 1.54) is 11.3 Å². The van der Waals surface area contributed by atoms with Crippen molar-refractivity contribution in [3.8, 4) is 0 Å². The number of carbonyl (C=O) groups is 4. The van der Waals surface area contributed by atoms with Gasteiger partial charge >= 0.3 is 12.0 Å². The van der Waals surface area contributed by atoms with Gasteiger partial charge in [0.05, 0.1) is 6.42 Å². The minimum Gasteiger partial charge on any atom is -0.452 e. The van der Waals surface area contributed by atoms with E-state index in [1.807, 2.05) is 19.2 Å². The molecule has 7 nitrogen and oxygen atoms in total. The van der Waals surface area contributed by atoms with E-state index in [0.717, 1.165) is 9.75 Å². The third-order valence-corrected chi connectivity index (χ3v) is 4.23. The quantitative estimate of drug-likeness (QED) is 0.574. The Labute approximate surface area is 144 Å². The fraction of sp³-hybridized carbons (Fsp3) is 0.500. The van der Waals surface area contributed by atoms with Crippen molar-refractivity contribution in [3.63, 3.8) is 0 Å². The first kappa shape index (κ1) is 19.8. The van der Waals surface area contributed by atoms with Crippen LogP contribution in [0.2, 0.25) is 0 Å². The topological polar surface area (TPSA) is 116 Å². The minimum atomic E-state index is -1.13. The van der Waals surface area contributed by atoms with Gasteiger partial charge in [0.2, 0.25) is 0 Å². The molecule has 0 aliphatic rings. The Morgan fingerprint density at radius 2 is 1.83 bits per heavy atom. The highest BCUT2D eigenvalue weighted by atomic mass is 32.1. The van der Waals surface area contributed by atoms with Crippen LogP contribution in [-0.4, -0.2) is 29.8 Å². The summed E-state index contributed by atoms with van der Waals surface area (Å²) in [7, 11) is 0. The van der Waals surface area contributed by atoms with Crippen LogP contribution < -0.4 is 11.1 Å². The highest BCUT2D eigenvalue weighted by molar-refractivity contribution is 7.12. The number of carbonyl (C=O) groups excluding carboxylic acids is 4. The van der Waals surface area contributed by atoms with Crippen molar-refractivity contribution in [2.24, 2.45) is 11.7 Å². The standard InChI is InChI=1S/C16H22N2O5S/c1-8(2)14(15(21)18-16(17)22)23-13(20)6-5-12(19)11-7-9(3)24-10(11)4/h7-8,14H,5-6H2,1-4H3,(H3,17,18,21,22)/t14-/m0/s1. The Hall–Kier alpha value is -2.22. The number of esters is 1. The third-order valence-electron chi connectivity index (χ3n) is 3.27. The number of primary amides is 1. The van der Waals surface area contributed by atoms with Crippen molar-refractivity contribution in [1.29, 1.82) is 0 Å². The second-order valence-electron chi connectivity index (χ2n) is 5.76. The number of Topliss-reactive ketones (excluding diaryl/α,β-unsaturated/α-hetero) is 1. The Kier molecular flexibility index (Phi) is 7.09. The SMILES string of the molecule is Cc1cc(C(=O)CCC(=O)O[C@H](C(=O)NC(N)=O)C(C)C)c(C)s1. The van der Waals surface area contributed by atoms with E-state index < -0.39 is 24.0 Å². The Morgan fingerprint density at radius 3 is 2.29 bits per heavy atom. The first-order valence-electron chi connectivity index (χ1n) is 7.51. The number of ketones is 1. The van der Waals surface area contributed by atoms with Gasteiger partial charge in [-0.15, -0.1) is 11.3 Å². The lowest BCUT2D eigenvalue weighted by molar-refractivity contribution is -0.158. The molecular weight excluding hydrogens is 332 g/mol. The number of imide groups is 1. The lowest BCUT2D eigenvalue weighted by Gasteiger charge is -2.19. The highest BCUT2D eigenvalue weighted by Gasteiger charge is 2.27. The summed E-state index contributed by atoms with van der Waals surface area (Å²) in [4.78, 5) is 48.5. The van der Waals surface area contributed by atoms with E-state index in [1.54, 1.807) is 19.9 Å². The molecule has 0 aliphatic carbocycles. The van der Waals surface area contributed by atoms with Gasteiger partial charge in [-0.3, -0.25) is 19.7 Å². The van der Waals surface area contributed by atoms with Crippen molar-refractivity contribution in [3.05, 3.63) is 21.4 Å². The van der Waals surface area contributed by atoms with Gasteiger partial charge < -0.3 is 10.5 Å². The van der Waals surface area contributed by atoms with Crippen LogP contribution in [0.1, 0.15) is 46.8 Å². The van der Waals surface area contributed by atoms with Gasteiger partial charge in [0.1, 0.15) is 0 Å². The lowest BCUT2D eigenvalue weighted by atomic mass is 10.1. The smallest absolute Gasteiger partial charge is 0.318 e.